The molecule has 1 rings (SSSR count). The first kappa shape index (κ1) is 16.5. The topological polar surface area (TPSA) is 78.7 Å². The lowest BCUT2D eigenvalue weighted by Gasteiger charge is -2.16. The van der Waals surface area contributed by atoms with Gasteiger partial charge in [0.1, 0.15) is 0 Å². The predicted molar refractivity (Wildman–Crippen MR) is 74.5 cm³/mol. The minimum absolute atomic E-state index is 0.0369. The molecule has 1 aromatic carbocycles. The average Bonchev–Trinajstić information content (AvgIpc) is 2.39. The molecule has 0 radical (unpaired) electrons. The fourth-order valence-corrected chi connectivity index (χ4v) is 1.75. The van der Waals surface area contributed by atoms with Crippen LogP contribution in [0.5, 0.6) is 5.75 Å². The van der Waals surface area contributed by atoms with E-state index >= 15 is 0 Å². The molecule has 0 fully saturated rings. The van der Waals surface area contributed by atoms with Crippen molar-refractivity contribution >= 4 is 34.9 Å². The predicted octanol–water partition coefficient (Wildman–Crippen LogP) is 3.62. The Bertz CT molecular complexity index is 521. The van der Waals surface area contributed by atoms with E-state index in [9.17, 15) is 14.9 Å². The average molecular weight is 322 g/mol. The van der Waals surface area contributed by atoms with Crippen molar-refractivity contribution in [3.63, 3.8) is 0 Å². The van der Waals surface area contributed by atoms with Crippen molar-refractivity contribution in [1.82, 2.24) is 0 Å². The first-order valence-corrected chi connectivity index (χ1v) is 6.63. The lowest BCUT2D eigenvalue weighted by molar-refractivity contribution is -0.386. The van der Waals surface area contributed by atoms with Crippen LogP contribution in [-0.4, -0.2) is 23.6 Å². The Kier molecular flexibility index (Phi) is 6.04. The number of carbonyl (C=O) groups is 1. The van der Waals surface area contributed by atoms with Crippen LogP contribution in [-0.2, 0) is 9.53 Å². The van der Waals surface area contributed by atoms with Gasteiger partial charge in [-0.2, -0.15) is 0 Å². The van der Waals surface area contributed by atoms with Crippen LogP contribution in [0.4, 0.5) is 5.69 Å². The summed E-state index contributed by atoms with van der Waals surface area (Å²) < 4.78 is 10.2. The van der Waals surface area contributed by atoms with Gasteiger partial charge in [-0.3, -0.25) is 10.1 Å². The summed E-state index contributed by atoms with van der Waals surface area (Å²) in [6, 6.07) is 2.29. The maximum absolute atomic E-state index is 11.6. The standard InChI is InChI=1S/C12H13Cl2NO5/c1-3-10(12(16)19-4-2)20-11-6-8(14)7(13)5-9(11)15(17)18/h5-6,10H,3-4H2,1-2H3. The molecule has 0 spiro atoms. The Balaban J connectivity index is 3.09. The smallest absolute Gasteiger partial charge is 0.347 e. The van der Waals surface area contributed by atoms with Crippen molar-refractivity contribution < 1.29 is 19.2 Å². The van der Waals surface area contributed by atoms with Gasteiger partial charge in [-0.1, -0.05) is 30.1 Å². The van der Waals surface area contributed by atoms with Gasteiger partial charge in [-0.05, 0) is 13.3 Å². The molecule has 0 amide bonds. The second-order valence-corrected chi connectivity index (χ2v) is 4.57. The Morgan fingerprint density at radius 1 is 1.35 bits per heavy atom. The molecule has 0 saturated heterocycles. The van der Waals surface area contributed by atoms with Gasteiger partial charge in [0.15, 0.2) is 11.9 Å². The molecule has 6 nitrogen and oxygen atoms in total. The largest absolute Gasteiger partial charge is 0.471 e. The van der Waals surface area contributed by atoms with Crippen LogP contribution in [0.2, 0.25) is 10.0 Å². The van der Waals surface area contributed by atoms with Crippen molar-refractivity contribution in [2.24, 2.45) is 0 Å². The minimum Gasteiger partial charge on any atom is -0.471 e. The maximum atomic E-state index is 11.6. The molecular weight excluding hydrogens is 309 g/mol. The summed E-state index contributed by atoms with van der Waals surface area (Å²) in [6.07, 6.45) is -0.637. The Morgan fingerprint density at radius 3 is 2.45 bits per heavy atom. The summed E-state index contributed by atoms with van der Waals surface area (Å²) in [4.78, 5) is 21.9. The van der Waals surface area contributed by atoms with Crippen LogP contribution in [0.25, 0.3) is 0 Å². The molecule has 0 heterocycles. The van der Waals surface area contributed by atoms with E-state index in [2.05, 4.69) is 0 Å². The summed E-state index contributed by atoms with van der Waals surface area (Å²) in [6.45, 7) is 3.55. The zero-order valence-electron chi connectivity index (χ0n) is 10.9. The van der Waals surface area contributed by atoms with Gasteiger partial charge in [-0.25, -0.2) is 4.79 Å². The molecule has 20 heavy (non-hydrogen) atoms. The zero-order chi connectivity index (χ0) is 15.3. The highest BCUT2D eigenvalue weighted by atomic mass is 35.5. The number of nitro benzene ring substituents is 1. The number of hydrogen-bond acceptors (Lipinski definition) is 5. The number of nitro groups is 1. The molecule has 110 valence electrons. The summed E-state index contributed by atoms with van der Waals surface area (Å²) in [5.41, 5.74) is -0.359. The molecular formula is C12H13Cl2NO5. The third-order valence-corrected chi connectivity index (χ3v) is 3.11. The summed E-state index contributed by atoms with van der Waals surface area (Å²) in [5.74, 6) is -0.709. The van der Waals surface area contributed by atoms with Crippen molar-refractivity contribution in [1.29, 1.82) is 0 Å². The first-order chi connectivity index (χ1) is 9.40. The number of benzene rings is 1. The van der Waals surface area contributed by atoms with Crippen LogP contribution in [0.1, 0.15) is 20.3 Å². The molecule has 1 unspecified atom stereocenters. The van der Waals surface area contributed by atoms with Crippen molar-refractivity contribution in [3.8, 4) is 5.75 Å². The number of ether oxygens (including phenoxy) is 2. The number of carbonyl (C=O) groups excluding carboxylic acids is 1. The van der Waals surface area contributed by atoms with Gasteiger partial charge in [0.25, 0.3) is 0 Å². The van der Waals surface area contributed by atoms with E-state index in [0.717, 1.165) is 6.07 Å². The van der Waals surface area contributed by atoms with E-state index in [4.69, 9.17) is 32.7 Å². The van der Waals surface area contributed by atoms with Crippen molar-refractivity contribution in [2.75, 3.05) is 6.61 Å². The molecule has 8 heteroatoms. The molecule has 0 aliphatic carbocycles. The van der Waals surface area contributed by atoms with Crippen LogP contribution in [0.15, 0.2) is 12.1 Å². The molecule has 0 N–H and O–H groups in total. The summed E-state index contributed by atoms with van der Waals surface area (Å²) in [5, 5.41) is 11.1. The quantitative estimate of drug-likeness (QED) is 0.454. The van der Waals surface area contributed by atoms with Crippen LogP contribution < -0.4 is 4.74 Å². The van der Waals surface area contributed by atoms with Gasteiger partial charge in [0.2, 0.25) is 0 Å². The number of halogens is 2. The molecule has 1 atom stereocenters. The lowest BCUT2D eigenvalue weighted by atomic mass is 10.2. The molecule has 0 aliphatic heterocycles. The third-order valence-electron chi connectivity index (χ3n) is 2.39. The third kappa shape index (κ3) is 3.98. The highest BCUT2D eigenvalue weighted by Gasteiger charge is 2.25. The maximum Gasteiger partial charge on any atom is 0.347 e. The normalized spacial score (nSPS) is 11.8. The number of nitrogens with zero attached hydrogens (tertiary/aromatic N) is 1. The molecule has 0 saturated carbocycles. The Labute approximate surface area is 125 Å². The van der Waals surface area contributed by atoms with E-state index < -0.39 is 17.0 Å². The van der Waals surface area contributed by atoms with Crippen molar-refractivity contribution in [2.45, 2.75) is 26.4 Å². The van der Waals surface area contributed by atoms with Crippen molar-refractivity contribution in [3.05, 3.63) is 32.3 Å². The van der Waals surface area contributed by atoms with Gasteiger partial charge < -0.3 is 9.47 Å². The number of esters is 1. The molecule has 0 aliphatic rings. The van der Waals surface area contributed by atoms with Gasteiger partial charge >= 0.3 is 11.7 Å². The monoisotopic (exact) mass is 321 g/mol. The minimum atomic E-state index is -0.939. The highest BCUT2D eigenvalue weighted by Crippen LogP contribution is 2.36. The van der Waals surface area contributed by atoms with Crippen LogP contribution in [0.3, 0.4) is 0 Å². The van der Waals surface area contributed by atoms with Gasteiger partial charge in [-0.15, -0.1) is 0 Å². The van der Waals surface area contributed by atoms with E-state index in [0.29, 0.717) is 6.42 Å². The highest BCUT2D eigenvalue weighted by molar-refractivity contribution is 6.42. The number of hydrogen-bond donors (Lipinski definition) is 0. The van der Waals surface area contributed by atoms with Gasteiger partial charge in [0.05, 0.1) is 21.6 Å². The van der Waals surface area contributed by atoms with E-state index in [1.54, 1.807) is 13.8 Å². The lowest BCUT2D eigenvalue weighted by Crippen LogP contribution is -2.28. The zero-order valence-corrected chi connectivity index (χ0v) is 12.4. The van der Waals surface area contributed by atoms with Crippen LogP contribution >= 0.6 is 23.2 Å². The van der Waals surface area contributed by atoms with E-state index in [1.165, 1.54) is 6.07 Å². The first-order valence-electron chi connectivity index (χ1n) is 5.87. The molecule has 0 bridgehead atoms. The second kappa shape index (κ2) is 7.31. The fraction of sp³-hybridized carbons (Fsp3) is 0.417. The van der Waals surface area contributed by atoms with E-state index in [-0.39, 0.29) is 28.1 Å². The fourth-order valence-electron chi connectivity index (χ4n) is 1.44. The molecule has 0 aromatic heterocycles. The number of rotatable bonds is 6. The summed E-state index contributed by atoms with van der Waals surface area (Å²) >= 11 is 11.5. The van der Waals surface area contributed by atoms with Crippen LogP contribution in [0, 0.1) is 10.1 Å². The summed E-state index contributed by atoms with van der Waals surface area (Å²) in [7, 11) is 0. The second-order valence-electron chi connectivity index (χ2n) is 3.76. The van der Waals surface area contributed by atoms with Gasteiger partial charge in [0, 0.05) is 12.1 Å². The Morgan fingerprint density at radius 2 is 1.95 bits per heavy atom. The Hall–Kier alpha value is -1.53. The SMILES string of the molecule is CCOC(=O)C(CC)Oc1cc(Cl)c(Cl)cc1[N+](=O)[O-]. The molecule has 1 aromatic rings. The van der Waals surface area contributed by atoms with E-state index in [1.807, 2.05) is 0 Å².